The SMILES string of the molecule is Cc1nn(C)c(Cl)c1/C=C\C(=O)N(C)[C@@H]1CCCc2ccccc21. The zero-order chi connectivity index (χ0) is 17.3. The molecule has 0 spiro atoms. The highest BCUT2D eigenvalue weighted by molar-refractivity contribution is 6.31. The average Bonchev–Trinajstić information content (AvgIpc) is 2.83. The summed E-state index contributed by atoms with van der Waals surface area (Å²) < 4.78 is 1.61. The summed E-state index contributed by atoms with van der Waals surface area (Å²) in [5, 5.41) is 4.81. The molecule has 126 valence electrons. The number of rotatable bonds is 3. The van der Waals surface area contributed by atoms with Gasteiger partial charge in [0.1, 0.15) is 5.15 Å². The predicted molar refractivity (Wildman–Crippen MR) is 96.9 cm³/mol. The Bertz CT molecular complexity index is 794. The Morgan fingerprint density at radius 1 is 1.42 bits per heavy atom. The van der Waals surface area contributed by atoms with Gasteiger partial charge in [0.15, 0.2) is 0 Å². The number of halogens is 1. The number of benzene rings is 1. The van der Waals surface area contributed by atoms with Crippen molar-refractivity contribution in [2.75, 3.05) is 7.05 Å². The molecule has 1 heterocycles. The van der Waals surface area contributed by atoms with Gasteiger partial charge < -0.3 is 4.90 Å². The number of amides is 1. The van der Waals surface area contributed by atoms with Gasteiger partial charge >= 0.3 is 0 Å². The fourth-order valence-electron chi connectivity index (χ4n) is 3.39. The number of nitrogens with zero attached hydrogens (tertiary/aromatic N) is 3. The third kappa shape index (κ3) is 3.11. The first kappa shape index (κ1) is 16.8. The molecule has 0 radical (unpaired) electrons. The molecule has 0 N–H and O–H groups in total. The number of hydrogen-bond acceptors (Lipinski definition) is 2. The molecule has 0 bridgehead atoms. The van der Waals surface area contributed by atoms with Gasteiger partial charge in [0, 0.05) is 25.7 Å². The van der Waals surface area contributed by atoms with E-state index in [9.17, 15) is 4.79 Å². The van der Waals surface area contributed by atoms with Gasteiger partial charge in [-0.3, -0.25) is 9.48 Å². The van der Waals surface area contributed by atoms with Crippen molar-refractivity contribution in [3.05, 3.63) is 57.9 Å². The number of aromatic nitrogens is 2. The third-order valence-electron chi connectivity index (χ3n) is 4.74. The van der Waals surface area contributed by atoms with Crippen molar-refractivity contribution in [2.45, 2.75) is 32.2 Å². The largest absolute Gasteiger partial charge is 0.335 e. The summed E-state index contributed by atoms with van der Waals surface area (Å²) in [5.74, 6) is -0.0176. The molecule has 4 nitrogen and oxygen atoms in total. The van der Waals surface area contributed by atoms with Crippen LogP contribution in [0.3, 0.4) is 0 Å². The molecule has 3 rings (SSSR count). The number of aryl methyl sites for hydroxylation is 3. The van der Waals surface area contributed by atoms with Crippen molar-refractivity contribution in [3.63, 3.8) is 0 Å². The molecule has 1 aliphatic carbocycles. The minimum atomic E-state index is -0.0176. The number of fused-ring (bicyclic) bond motifs is 1. The maximum absolute atomic E-state index is 12.6. The van der Waals surface area contributed by atoms with E-state index in [1.54, 1.807) is 23.9 Å². The third-order valence-corrected chi connectivity index (χ3v) is 5.19. The van der Waals surface area contributed by atoms with Gasteiger partial charge in [-0.15, -0.1) is 0 Å². The fraction of sp³-hybridized carbons (Fsp3) is 0.368. The van der Waals surface area contributed by atoms with Crippen molar-refractivity contribution < 1.29 is 4.79 Å². The van der Waals surface area contributed by atoms with Crippen LogP contribution in [0.5, 0.6) is 0 Å². The highest BCUT2D eigenvalue weighted by Gasteiger charge is 2.25. The van der Waals surface area contributed by atoms with E-state index in [0.717, 1.165) is 30.5 Å². The van der Waals surface area contributed by atoms with E-state index in [1.807, 2.05) is 24.9 Å². The zero-order valence-electron chi connectivity index (χ0n) is 14.3. The van der Waals surface area contributed by atoms with Crippen molar-refractivity contribution in [3.8, 4) is 0 Å². The van der Waals surface area contributed by atoms with E-state index in [4.69, 9.17) is 11.6 Å². The summed E-state index contributed by atoms with van der Waals surface area (Å²) in [7, 11) is 3.66. The molecular formula is C19H22ClN3O. The van der Waals surface area contributed by atoms with Crippen molar-refractivity contribution in [2.24, 2.45) is 7.05 Å². The van der Waals surface area contributed by atoms with Gasteiger partial charge in [0.25, 0.3) is 0 Å². The van der Waals surface area contributed by atoms with Gasteiger partial charge in [0.2, 0.25) is 5.91 Å². The van der Waals surface area contributed by atoms with Gasteiger partial charge in [-0.25, -0.2) is 0 Å². The number of likely N-dealkylation sites (N-methyl/N-ethyl adjacent to an activating group) is 1. The van der Waals surface area contributed by atoms with Crippen LogP contribution in [-0.2, 0) is 18.3 Å². The van der Waals surface area contributed by atoms with Crippen molar-refractivity contribution in [1.29, 1.82) is 0 Å². The molecule has 0 saturated heterocycles. The van der Waals surface area contributed by atoms with Crippen LogP contribution in [-0.4, -0.2) is 27.6 Å². The van der Waals surface area contributed by atoms with Crippen LogP contribution >= 0.6 is 11.6 Å². The Hall–Kier alpha value is -2.07. The first-order valence-corrected chi connectivity index (χ1v) is 8.58. The average molecular weight is 344 g/mol. The summed E-state index contributed by atoms with van der Waals surface area (Å²) in [6.45, 7) is 1.89. The Morgan fingerprint density at radius 2 is 2.17 bits per heavy atom. The van der Waals surface area contributed by atoms with Crippen molar-refractivity contribution in [1.82, 2.24) is 14.7 Å². The minimum absolute atomic E-state index is 0.0176. The van der Waals surface area contributed by atoms with Crippen molar-refractivity contribution >= 4 is 23.6 Å². The Morgan fingerprint density at radius 3 is 2.88 bits per heavy atom. The van der Waals surface area contributed by atoms with E-state index in [0.29, 0.717) is 5.15 Å². The Labute approximate surface area is 147 Å². The molecule has 0 saturated carbocycles. The lowest BCUT2D eigenvalue weighted by molar-refractivity contribution is -0.127. The smallest absolute Gasteiger partial charge is 0.246 e. The predicted octanol–water partition coefficient (Wildman–Crippen LogP) is 3.93. The summed E-state index contributed by atoms with van der Waals surface area (Å²) in [4.78, 5) is 14.5. The van der Waals surface area contributed by atoms with Crippen LogP contribution in [0.15, 0.2) is 30.3 Å². The minimum Gasteiger partial charge on any atom is -0.335 e. The lowest BCUT2D eigenvalue weighted by Gasteiger charge is -2.32. The Kier molecular flexibility index (Phi) is 4.76. The number of hydrogen-bond donors (Lipinski definition) is 0. The van der Waals surface area contributed by atoms with Gasteiger partial charge in [0.05, 0.1) is 11.7 Å². The van der Waals surface area contributed by atoms with Crippen LogP contribution in [0.25, 0.3) is 6.08 Å². The Balaban J connectivity index is 1.80. The van der Waals surface area contributed by atoms with Crippen LogP contribution < -0.4 is 0 Å². The fourth-order valence-corrected chi connectivity index (χ4v) is 3.63. The summed E-state index contributed by atoms with van der Waals surface area (Å²) in [5.41, 5.74) is 4.23. The van der Waals surface area contributed by atoms with Gasteiger partial charge in [-0.05, 0) is 43.4 Å². The lowest BCUT2D eigenvalue weighted by Crippen LogP contribution is -2.32. The summed E-state index contributed by atoms with van der Waals surface area (Å²) in [6.07, 6.45) is 6.55. The summed E-state index contributed by atoms with van der Waals surface area (Å²) in [6, 6.07) is 8.54. The molecule has 1 atom stereocenters. The van der Waals surface area contributed by atoms with Crippen LogP contribution in [0.4, 0.5) is 0 Å². The maximum atomic E-state index is 12.6. The molecular weight excluding hydrogens is 322 g/mol. The van der Waals surface area contributed by atoms with Crippen LogP contribution in [0.1, 0.15) is 41.3 Å². The molecule has 1 amide bonds. The first-order chi connectivity index (χ1) is 11.5. The zero-order valence-corrected chi connectivity index (χ0v) is 15.0. The monoisotopic (exact) mass is 343 g/mol. The molecule has 0 aliphatic heterocycles. The van der Waals surface area contributed by atoms with E-state index in [-0.39, 0.29) is 11.9 Å². The highest BCUT2D eigenvalue weighted by Crippen LogP contribution is 2.33. The molecule has 1 aromatic carbocycles. The molecule has 0 fully saturated rings. The number of carbonyl (C=O) groups excluding carboxylic acids is 1. The van der Waals surface area contributed by atoms with Crippen LogP contribution in [0.2, 0.25) is 5.15 Å². The normalized spacial score (nSPS) is 17.1. The molecule has 2 aromatic rings. The molecule has 1 aromatic heterocycles. The summed E-state index contributed by atoms with van der Waals surface area (Å²) >= 11 is 6.22. The number of carbonyl (C=O) groups is 1. The van der Waals surface area contributed by atoms with Gasteiger partial charge in [-0.2, -0.15) is 5.10 Å². The maximum Gasteiger partial charge on any atom is 0.246 e. The quantitative estimate of drug-likeness (QED) is 0.792. The second-order valence-electron chi connectivity index (χ2n) is 6.30. The highest BCUT2D eigenvalue weighted by atomic mass is 35.5. The lowest BCUT2D eigenvalue weighted by atomic mass is 9.87. The molecule has 0 unspecified atom stereocenters. The molecule has 5 heteroatoms. The topological polar surface area (TPSA) is 38.1 Å². The second-order valence-corrected chi connectivity index (χ2v) is 6.66. The first-order valence-electron chi connectivity index (χ1n) is 8.21. The van der Waals surface area contributed by atoms with E-state index in [2.05, 4.69) is 23.3 Å². The van der Waals surface area contributed by atoms with E-state index >= 15 is 0 Å². The van der Waals surface area contributed by atoms with E-state index < -0.39 is 0 Å². The van der Waals surface area contributed by atoms with Gasteiger partial charge in [-0.1, -0.05) is 35.9 Å². The molecule has 1 aliphatic rings. The van der Waals surface area contributed by atoms with E-state index in [1.165, 1.54) is 11.1 Å². The van der Waals surface area contributed by atoms with Crippen LogP contribution in [0, 0.1) is 6.92 Å². The standard InChI is InChI=1S/C19H22ClN3O/c1-13-15(19(20)23(3)21-13)11-12-18(24)22(2)17-10-6-8-14-7-4-5-9-16(14)17/h4-5,7,9,11-12,17H,6,8,10H2,1-3H3/b12-11-/t17-/m1/s1. The molecule has 24 heavy (non-hydrogen) atoms. The second kappa shape index (κ2) is 6.81.